The summed E-state index contributed by atoms with van der Waals surface area (Å²) in [6, 6.07) is 18.8. The van der Waals surface area contributed by atoms with E-state index < -0.39 is 0 Å². The quantitative estimate of drug-likeness (QED) is 0.434. The molecule has 0 radical (unpaired) electrons. The Balaban J connectivity index is 1.85. The molecule has 3 aromatic rings. The van der Waals surface area contributed by atoms with Crippen LogP contribution >= 0.6 is 23.5 Å². The van der Waals surface area contributed by atoms with Crippen molar-refractivity contribution in [3.63, 3.8) is 0 Å². The molecule has 0 aliphatic rings. The fourth-order valence-corrected chi connectivity index (χ4v) is 3.76. The van der Waals surface area contributed by atoms with Crippen LogP contribution in [0, 0.1) is 6.92 Å². The van der Waals surface area contributed by atoms with Crippen molar-refractivity contribution in [1.82, 2.24) is 14.8 Å². The molecule has 0 unspecified atom stereocenters. The maximum atomic E-state index is 4.42. The fraction of sp³-hybridized carbons (Fsp3) is 0.158. The summed E-state index contributed by atoms with van der Waals surface area (Å²) in [5.74, 6) is 2.55. The van der Waals surface area contributed by atoms with Crippen LogP contribution in [0.25, 0.3) is 5.69 Å². The van der Waals surface area contributed by atoms with E-state index in [4.69, 9.17) is 0 Å². The number of thioether (sulfide) groups is 2. The first-order valence-electron chi connectivity index (χ1n) is 7.71. The lowest BCUT2D eigenvalue weighted by molar-refractivity contribution is 0.866. The van der Waals surface area contributed by atoms with Crippen molar-refractivity contribution in [3.8, 4) is 5.69 Å². The third kappa shape index (κ3) is 4.10. The number of para-hydroxylation sites is 1. The predicted molar refractivity (Wildman–Crippen MR) is 103 cm³/mol. The first kappa shape index (κ1) is 16.9. The van der Waals surface area contributed by atoms with Gasteiger partial charge in [-0.05, 0) is 31.2 Å². The highest BCUT2D eigenvalue weighted by molar-refractivity contribution is 7.99. The van der Waals surface area contributed by atoms with Gasteiger partial charge in [-0.25, -0.2) is 0 Å². The van der Waals surface area contributed by atoms with Gasteiger partial charge in [-0.2, -0.15) is 0 Å². The van der Waals surface area contributed by atoms with Crippen molar-refractivity contribution in [2.24, 2.45) is 0 Å². The van der Waals surface area contributed by atoms with Gasteiger partial charge in [0.1, 0.15) is 5.82 Å². The molecule has 0 fully saturated rings. The number of aromatic nitrogens is 3. The summed E-state index contributed by atoms with van der Waals surface area (Å²) < 4.78 is 2.13. The Kier molecular flexibility index (Phi) is 5.77. The van der Waals surface area contributed by atoms with E-state index in [1.807, 2.05) is 24.3 Å². The Morgan fingerprint density at radius 3 is 2.46 bits per heavy atom. The summed E-state index contributed by atoms with van der Waals surface area (Å²) >= 11 is 3.42. The lowest BCUT2D eigenvalue weighted by atomic mass is 10.2. The highest BCUT2D eigenvalue weighted by atomic mass is 32.2. The summed E-state index contributed by atoms with van der Waals surface area (Å²) in [6.07, 6.45) is 1.88. The predicted octanol–water partition coefficient (Wildman–Crippen LogP) is 5.15. The van der Waals surface area contributed by atoms with Gasteiger partial charge >= 0.3 is 0 Å². The molecule has 1 heterocycles. The highest BCUT2D eigenvalue weighted by Gasteiger charge is 2.14. The molecule has 0 aliphatic carbocycles. The highest BCUT2D eigenvalue weighted by Crippen LogP contribution is 2.27. The van der Waals surface area contributed by atoms with E-state index in [0.29, 0.717) is 0 Å². The van der Waals surface area contributed by atoms with Gasteiger partial charge < -0.3 is 0 Å². The molecule has 0 saturated carbocycles. The second-order valence-corrected chi connectivity index (χ2v) is 7.31. The summed E-state index contributed by atoms with van der Waals surface area (Å²) in [6.45, 7) is 5.89. The molecule has 24 heavy (non-hydrogen) atoms. The third-order valence-corrected chi connectivity index (χ3v) is 5.37. The average Bonchev–Trinajstić information content (AvgIpc) is 3.03. The van der Waals surface area contributed by atoms with Crippen LogP contribution < -0.4 is 0 Å². The van der Waals surface area contributed by atoms with Crippen molar-refractivity contribution in [2.75, 3.05) is 5.75 Å². The van der Waals surface area contributed by atoms with Crippen LogP contribution in [0.3, 0.4) is 0 Å². The lowest BCUT2D eigenvalue weighted by Crippen LogP contribution is -2.01. The van der Waals surface area contributed by atoms with E-state index >= 15 is 0 Å². The molecule has 0 spiro atoms. The van der Waals surface area contributed by atoms with Crippen LogP contribution in [0.4, 0.5) is 0 Å². The monoisotopic (exact) mass is 353 g/mol. The number of hydrogen-bond acceptors (Lipinski definition) is 4. The van der Waals surface area contributed by atoms with E-state index in [1.54, 1.807) is 23.5 Å². The molecular formula is C19H19N3S2. The molecule has 0 saturated heterocycles. The zero-order chi connectivity index (χ0) is 16.8. The van der Waals surface area contributed by atoms with Crippen LogP contribution in [0.2, 0.25) is 0 Å². The molecule has 5 heteroatoms. The summed E-state index contributed by atoms with van der Waals surface area (Å²) in [5, 5.41) is 9.69. The average molecular weight is 354 g/mol. The van der Waals surface area contributed by atoms with E-state index in [-0.39, 0.29) is 0 Å². The summed E-state index contributed by atoms with van der Waals surface area (Å²) in [4.78, 5) is 1.24. The van der Waals surface area contributed by atoms with Crippen LogP contribution in [0.1, 0.15) is 11.4 Å². The molecule has 0 aliphatic heterocycles. The number of rotatable bonds is 7. The van der Waals surface area contributed by atoms with Crippen LogP contribution in [-0.4, -0.2) is 20.5 Å². The zero-order valence-corrected chi connectivity index (χ0v) is 15.2. The number of nitrogens with zero attached hydrogens (tertiary/aromatic N) is 3. The first-order chi connectivity index (χ1) is 11.8. The number of hydrogen-bond donors (Lipinski definition) is 0. The molecule has 0 bridgehead atoms. The Bertz CT molecular complexity index is 795. The number of benzene rings is 2. The van der Waals surface area contributed by atoms with Crippen molar-refractivity contribution in [1.29, 1.82) is 0 Å². The maximum Gasteiger partial charge on any atom is 0.196 e. The van der Waals surface area contributed by atoms with Crippen molar-refractivity contribution in [2.45, 2.75) is 22.7 Å². The second-order valence-electron chi connectivity index (χ2n) is 5.27. The van der Waals surface area contributed by atoms with Gasteiger partial charge in [-0.15, -0.1) is 28.5 Å². The molecule has 3 nitrogen and oxygen atoms in total. The molecule has 1 aromatic heterocycles. The number of aryl methyl sites for hydroxylation is 1. The van der Waals surface area contributed by atoms with E-state index in [2.05, 4.69) is 64.7 Å². The topological polar surface area (TPSA) is 30.7 Å². The van der Waals surface area contributed by atoms with Gasteiger partial charge in [0, 0.05) is 16.3 Å². The van der Waals surface area contributed by atoms with Gasteiger partial charge in [0.15, 0.2) is 5.16 Å². The Morgan fingerprint density at radius 2 is 1.75 bits per heavy atom. The van der Waals surface area contributed by atoms with Crippen LogP contribution in [0.5, 0.6) is 0 Å². The van der Waals surface area contributed by atoms with E-state index in [9.17, 15) is 0 Å². The Labute approximate surface area is 151 Å². The minimum atomic E-state index is 0.777. The molecule has 3 rings (SSSR count). The van der Waals surface area contributed by atoms with Gasteiger partial charge in [0.25, 0.3) is 0 Å². The molecule has 2 aromatic carbocycles. The Morgan fingerprint density at radius 1 is 1.00 bits per heavy atom. The van der Waals surface area contributed by atoms with Gasteiger partial charge in [0.05, 0.1) is 5.75 Å². The van der Waals surface area contributed by atoms with Crippen LogP contribution in [-0.2, 0) is 5.75 Å². The van der Waals surface area contributed by atoms with E-state index in [1.165, 1.54) is 10.5 Å². The lowest BCUT2D eigenvalue weighted by Gasteiger charge is -2.09. The Hall–Kier alpha value is -1.98. The molecule has 122 valence electrons. The molecular weight excluding hydrogens is 334 g/mol. The third-order valence-electron chi connectivity index (χ3n) is 3.43. The normalized spacial score (nSPS) is 10.7. The smallest absolute Gasteiger partial charge is 0.196 e. The summed E-state index contributed by atoms with van der Waals surface area (Å²) in [5.41, 5.74) is 2.36. The zero-order valence-electron chi connectivity index (χ0n) is 13.6. The van der Waals surface area contributed by atoms with E-state index in [0.717, 1.165) is 28.2 Å². The van der Waals surface area contributed by atoms with Gasteiger partial charge in [-0.3, -0.25) is 4.57 Å². The van der Waals surface area contributed by atoms with Crippen molar-refractivity contribution >= 4 is 23.5 Å². The first-order valence-corrected chi connectivity index (χ1v) is 9.68. The largest absolute Gasteiger partial charge is 0.273 e. The van der Waals surface area contributed by atoms with Crippen LogP contribution in [0.15, 0.2) is 77.3 Å². The van der Waals surface area contributed by atoms with Gasteiger partial charge in [-0.1, -0.05) is 53.7 Å². The molecule has 0 N–H and O–H groups in total. The van der Waals surface area contributed by atoms with Crippen molar-refractivity contribution < 1.29 is 0 Å². The molecule has 0 atom stereocenters. The van der Waals surface area contributed by atoms with Crippen molar-refractivity contribution in [3.05, 3.63) is 78.6 Å². The SMILES string of the molecule is C=CCSc1nnc(CSc2ccc(C)cc2)n1-c1ccccc1. The summed E-state index contributed by atoms with van der Waals surface area (Å²) in [7, 11) is 0. The fourth-order valence-electron chi connectivity index (χ4n) is 2.24. The maximum absolute atomic E-state index is 4.42. The minimum absolute atomic E-state index is 0.777. The van der Waals surface area contributed by atoms with Gasteiger partial charge in [0.2, 0.25) is 0 Å². The second kappa shape index (κ2) is 8.22. The molecule has 0 amide bonds. The standard InChI is InChI=1S/C19H19N3S2/c1-3-13-23-19-21-20-18(22(19)16-7-5-4-6-8-16)14-24-17-11-9-15(2)10-12-17/h3-12H,1,13-14H2,2H3. The minimum Gasteiger partial charge on any atom is -0.273 e.